The second-order valence-corrected chi connectivity index (χ2v) is 4.11. The van der Waals surface area contributed by atoms with Gasteiger partial charge in [0.25, 0.3) is 5.91 Å². The van der Waals surface area contributed by atoms with Crippen LogP contribution in [0.3, 0.4) is 0 Å². The molecular weight excluding hydrogens is 250 g/mol. The van der Waals surface area contributed by atoms with Gasteiger partial charge in [-0.15, -0.1) is 12.3 Å². The molecule has 100 valence electrons. The van der Waals surface area contributed by atoms with E-state index in [4.69, 9.17) is 11.5 Å². The number of carbonyl (C=O) groups is 1. The van der Waals surface area contributed by atoms with E-state index >= 15 is 0 Å². The predicted octanol–water partition coefficient (Wildman–Crippen LogP) is 0.257. The van der Waals surface area contributed by atoms with Crippen LogP contribution >= 0.6 is 0 Å². The van der Waals surface area contributed by atoms with Crippen LogP contribution in [0.5, 0.6) is 0 Å². The van der Waals surface area contributed by atoms with Crippen LogP contribution in [-0.4, -0.2) is 33.5 Å². The van der Waals surface area contributed by atoms with Crippen LogP contribution in [0, 0.1) is 12.3 Å². The minimum atomic E-state index is -0.446. The lowest BCUT2D eigenvalue weighted by Crippen LogP contribution is -2.29. The molecule has 8 nitrogen and oxygen atoms in total. The molecule has 2 heterocycles. The Bertz CT molecular complexity index is 525. The zero-order valence-electron chi connectivity index (χ0n) is 10.2. The fourth-order valence-electron chi connectivity index (χ4n) is 1.61. The highest BCUT2D eigenvalue weighted by Crippen LogP contribution is 2.35. The Balaban J connectivity index is 1.77. The van der Waals surface area contributed by atoms with Crippen molar-refractivity contribution in [3.8, 4) is 12.3 Å². The molecule has 2 N–H and O–H groups in total. The molecule has 1 aromatic heterocycles. The first kappa shape index (κ1) is 13.2. The molecule has 0 aliphatic carbocycles. The van der Waals surface area contributed by atoms with Crippen LogP contribution in [0.1, 0.15) is 35.4 Å². The number of terminal acetylenes is 1. The van der Waals surface area contributed by atoms with Crippen molar-refractivity contribution in [1.29, 1.82) is 0 Å². The van der Waals surface area contributed by atoms with Gasteiger partial charge in [-0.05, 0) is 5.16 Å². The highest BCUT2D eigenvalue weighted by molar-refractivity contribution is 5.92. The summed E-state index contributed by atoms with van der Waals surface area (Å²) in [5.74, 6) is 2.09. The summed E-state index contributed by atoms with van der Waals surface area (Å²) in [4.78, 5) is 11.7. The highest BCUT2D eigenvalue weighted by atomic mass is 16.6. The maximum absolute atomic E-state index is 11.7. The fraction of sp³-hybridized carbons (Fsp3) is 0.545. The number of nitrogens with zero attached hydrogens (tertiary/aromatic N) is 4. The Hall–Kier alpha value is -2.27. The van der Waals surface area contributed by atoms with E-state index in [0.717, 1.165) is 0 Å². The van der Waals surface area contributed by atoms with Gasteiger partial charge in [0.2, 0.25) is 0 Å². The Morgan fingerprint density at radius 1 is 1.42 bits per heavy atom. The van der Waals surface area contributed by atoms with Gasteiger partial charge in [-0.1, -0.05) is 5.16 Å². The van der Waals surface area contributed by atoms with E-state index in [1.807, 2.05) is 0 Å². The fourth-order valence-corrected chi connectivity index (χ4v) is 1.61. The number of nitrogens with one attached hydrogen (secondary N) is 1. The SMILES string of the molecule is C#CCCC1(CCNC(=O)c2nonc2CO)N=N1. The van der Waals surface area contributed by atoms with Gasteiger partial charge < -0.3 is 10.4 Å². The quantitative estimate of drug-likeness (QED) is 0.685. The molecular formula is C11H13N5O3. The summed E-state index contributed by atoms with van der Waals surface area (Å²) in [7, 11) is 0. The standard InChI is InChI=1S/C11H13N5O3/c1-2-3-4-11(15-16-11)5-6-12-10(18)9-8(7-17)13-19-14-9/h1,17H,3-7H2,(H,12,18). The van der Waals surface area contributed by atoms with Gasteiger partial charge in [0, 0.05) is 25.8 Å². The van der Waals surface area contributed by atoms with E-state index in [0.29, 0.717) is 25.8 Å². The first-order valence-corrected chi connectivity index (χ1v) is 5.79. The van der Waals surface area contributed by atoms with Gasteiger partial charge in [-0.3, -0.25) is 4.79 Å². The van der Waals surface area contributed by atoms with Crippen LogP contribution in [0.25, 0.3) is 0 Å². The number of hydrogen-bond donors (Lipinski definition) is 2. The first-order chi connectivity index (χ1) is 9.21. The molecule has 8 heteroatoms. The zero-order chi connectivity index (χ0) is 13.7. The van der Waals surface area contributed by atoms with Crippen molar-refractivity contribution in [3.05, 3.63) is 11.4 Å². The van der Waals surface area contributed by atoms with Gasteiger partial charge in [0.1, 0.15) is 5.69 Å². The average Bonchev–Trinajstić information content (AvgIpc) is 3.02. The monoisotopic (exact) mass is 263 g/mol. The molecule has 0 atom stereocenters. The number of aliphatic hydroxyl groups is 1. The molecule has 0 bridgehead atoms. The molecule has 1 amide bonds. The van der Waals surface area contributed by atoms with E-state index in [2.05, 4.69) is 36.4 Å². The van der Waals surface area contributed by atoms with E-state index in [1.54, 1.807) is 0 Å². The Morgan fingerprint density at radius 3 is 2.84 bits per heavy atom. The molecule has 0 saturated heterocycles. The number of amides is 1. The summed E-state index contributed by atoms with van der Waals surface area (Å²) in [6, 6.07) is 0. The van der Waals surface area contributed by atoms with Gasteiger partial charge in [-0.2, -0.15) is 10.2 Å². The molecule has 0 spiro atoms. The normalized spacial score (nSPS) is 14.9. The minimum absolute atomic E-state index is 0.00940. The molecule has 1 aliphatic heterocycles. The summed E-state index contributed by atoms with van der Waals surface area (Å²) < 4.78 is 4.39. The van der Waals surface area contributed by atoms with Gasteiger partial charge >= 0.3 is 0 Å². The number of carbonyl (C=O) groups excluding carboxylic acids is 1. The molecule has 0 fully saturated rings. The molecule has 0 radical (unpaired) electrons. The van der Waals surface area contributed by atoms with Crippen LogP contribution in [-0.2, 0) is 6.61 Å². The molecule has 19 heavy (non-hydrogen) atoms. The van der Waals surface area contributed by atoms with Crippen LogP contribution in [0.15, 0.2) is 14.9 Å². The molecule has 0 aromatic carbocycles. The number of hydrogen-bond acceptors (Lipinski definition) is 7. The Morgan fingerprint density at radius 2 is 2.21 bits per heavy atom. The lowest BCUT2D eigenvalue weighted by atomic mass is 10.0. The summed E-state index contributed by atoms with van der Waals surface area (Å²) >= 11 is 0. The Kier molecular flexibility index (Phi) is 3.87. The third-order valence-electron chi connectivity index (χ3n) is 2.78. The van der Waals surface area contributed by atoms with Crippen molar-refractivity contribution >= 4 is 5.91 Å². The van der Waals surface area contributed by atoms with Crippen LogP contribution in [0.2, 0.25) is 0 Å². The van der Waals surface area contributed by atoms with Crippen LogP contribution < -0.4 is 5.32 Å². The lowest BCUT2D eigenvalue weighted by Gasteiger charge is -2.08. The highest BCUT2D eigenvalue weighted by Gasteiger charge is 2.38. The van der Waals surface area contributed by atoms with Crippen molar-refractivity contribution in [2.75, 3.05) is 6.54 Å². The average molecular weight is 263 g/mol. The van der Waals surface area contributed by atoms with Gasteiger partial charge in [-0.25, -0.2) is 4.63 Å². The third kappa shape index (κ3) is 3.14. The summed E-state index contributed by atoms with van der Waals surface area (Å²) in [6.07, 6.45) is 7.05. The van der Waals surface area contributed by atoms with Crippen molar-refractivity contribution in [2.45, 2.75) is 31.5 Å². The van der Waals surface area contributed by atoms with Crippen molar-refractivity contribution in [1.82, 2.24) is 15.6 Å². The molecule has 0 saturated carbocycles. The van der Waals surface area contributed by atoms with E-state index in [-0.39, 0.29) is 11.4 Å². The number of aromatic nitrogens is 2. The van der Waals surface area contributed by atoms with Gasteiger partial charge in [0.15, 0.2) is 11.4 Å². The van der Waals surface area contributed by atoms with E-state index in [1.165, 1.54) is 0 Å². The van der Waals surface area contributed by atoms with Crippen molar-refractivity contribution in [3.63, 3.8) is 0 Å². The molecule has 0 unspecified atom stereocenters. The largest absolute Gasteiger partial charge is 0.390 e. The van der Waals surface area contributed by atoms with Crippen molar-refractivity contribution < 1.29 is 14.5 Å². The lowest BCUT2D eigenvalue weighted by molar-refractivity contribution is 0.0940. The zero-order valence-corrected chi connectivity index (χ0v) is 10.2. The molecule has 1 aromatic rings. The van der Waals surface area contributed by atoms with Gasteiger partial charge in [0.05, 0.1) is 6.61 Å². The third-order valence-corrected chi connectivity index (χ3v) is 2.78. The van der Waals surface area contributed by atoms with Crippen molar-refractivity contribution in [2.24, 2.45) is 10.2 Å². The number of rotatable bonds is 7. The van der Waals surface area contributed by atoms with E-state index < -0.39 is 18.2 Å². The smallest absolute Gasteiger partial charge is 0.275 e. The molecule has 1 aliphatic rings. The predicted molar refractivity (Wildman–Crippen MR) is 62.8 cm³/mol. The second-order valence-electron chi connectivity index (χ2n) is 4.11. The summed E-state index contributed by atoms with van der Waals surface area (Å²) in [5.41, 5.74) is -0.327. The van der Waals surface area contributed by atoms with E-state index in [9.17, 15) is 4.79 Å². The first-order valence-electron chi connectivity index (χ1n) is 5.79. The van der Waals surface area contributed by atoms with Crippen LogP contribution in [0.4, 0.5) is 0 Å². The minimum Gasteiger partial charge on any atom is -0.390 e. The summed E-state index contributed by atoms with van der Waals surface area (Å²) in [6.45, 7) is -0.0167. The molecule has 2 rings (SSSR count). The second kappa shape index (κ2) is 5.58. The Labute approximate surface area is 109 Å². The number of aliphatic hydroxyl groups excluding tert-OH is 1. The summed E-state index contributed by atoms with van der Waals surface area (Å²) in [5, 5.41) is 26.3. The topological polar surface area (TPSA) is 113 Å². The maximum atomic E-state index is 11.7. The maximum Gasteiger partial charge on any atom is 0.275 e.